The molecule has 0 bridgehead atoms. The molecule has 3 aromatic heterocycles. The third-order valence-electron chi connectivity index (χ3n) is 7.14. The van der Waals surface area contributed by atoms with Gasteiger partial charge in [0.1, 0.15) is 34.7 Å². The number of hydrogen-bond donors (Lipinski definition) is 2. The normalized spacial score (nSPS) is 20.0. The second-order valence-corrected chi connectivity index (χ2v) is 9.46. The SMILES string of the molecule is CCn1c(-c2cnc(C)nc2)nc2c(-c3ccc4c(c3)C(C)(NC3CCOCC3)C(=O)N4)ncnc21. The predicted molar refractivity (Wildman–Crippen MR) is 135 cm³/mol. The molecule has 10 heteroatoms. The zero-order valence-corrected chi connectivity index (χ0v) is 20.6. The molecule has 6 rings (SSSR count). The van der Waals surface area contributed by atoms with Crippen molar-refractivity contribution in [3.63, 3.8) is 0 Å². The lowest BCUT2D eigenvalue weighted by Crippen LogP contribution is -2.51. The molecule has 2 aliphatic rings. The van der Waals surface area contributed by atoms with Crippen molar-refractivity contribution in [1.29, 1.82) is 0 Å². The van der Waals surface area contributed by atoms with Crippen molar-refractivity contribution in [3.8, 4) is 22.6 Å². The number of anilines is 1. The zero-order chi connectivity index (χ0) is 24.9. The molecule has 2 aliphatic heterocycles. The maximum Gasteiger partial charge on any atom is 0.249 e. The Morgan fingerprint density at radius 3 is 2.67 bits per heavy atom. The topological polar surface area (TPSA) is 120 Å². The number of nitrogens with one attached hydrogen (secondary N) is 2. The quantitative estimate of drug-likeness (QED) is 0.443. The summed E-state index contributed by atoms with van der Waals surface area (Å²) in [5, 5.41) is 6.65. The highest BCUT2D eigenvalue weighted by molar-refractivity contribution is 6.06. The van der Waals surface area contributed by atoms with Gasteiger partial charge in [-0.1, -0.05) is 6.07 Å². The lowest BCUT2D eigenvalue weighted by molar-refractivity contribution is -0.122. The Labute approximate surface area is 208 Å². The number of carbonyl (C=O) groups excluding carboxylic acids is 1. The largest absolute Gasteiger partial charge is 0.381 e. The van der Waals surface area contributed by atoms with Crippen molar-refractivity contribution in [1.82, 2.24) is 34.8 Å². The molecule has 0 saturated carbocycles. The summed E-state index contributed by atoms with van der Waals surface area (Å²) < 4.78 is 7.54. The third-order valence-corrected chi connectivity index (χ3v) is 7.14. The summed E-state index contributed by atoms with van der Waals surface area (Å²) in [5.41, 5.74) is 4.75. The van der Waals surface area contributed by atoms with E-state index in [4.69, 9.17) is 9.72 Å². The van der Waals surface area contributed by atoms with Gasteiger partial charge in [0, 0.05) is 55.0 Å². The summed E-state index contributed by atoms with van der Waals surface area (Å²) in [5.74, 6) is 1.40. The van der Waals surface area contributed by atoms with Gasteiger partial charge in [-0.05, 0) is 45.7 Å². The molecule has 1 saturated heterocycles. The number of hydrogen-bond acceptors (Lipinski definition) is 8. The number of imidazole rings is 1. The first kappa shape index (κ1) is 22.7. The molecular formula is C26H28N8O2. The molecule has 0 aliphatic carbocycles. The number of aryl methyl sites for hydroxylation is 2. The number of ether oxygens (including phenoxy) is 1. The van der Waals surface area contributed by atoms with Crippen LogP contribution in [-0.2, 0) is 21.6 Å². The highest BCUT2D eigenvalue weighted by Crippen LogP contribution is 2.40. The third kappa shape index (κ3) is 3.64. The van der Waals surface area contributed by atoms with Crippen molar-refractivity contribution in [2.45, 2.75) is 51.7 Å². The highest BCUT2D eigenvalue weighted by atomic mass is 16.5. The first-order valence-corrected chi connectivity index (χ1v) is 12.3. The lowest BCUT2D eigenvalue weighted by Gasteiger charge is -2.32. The fraction of sp³-hybridized carbons (Fsp3) is 0.385. The molecule has 1 unspecified atom stereocenters. The second-order valence-electron chi connectivity index (χ2n) is 9.46. The van der Waals surface area contributed by atoms with Crippen LogP contribution in [0.4, 0.5) is 5.69 Å². The summed E-state index contributed by atoms with van der Waals surface area (Å²) in [7, 11) is 0. The van der Waals surface area contributed by atoms with Crippen LogP contribution in [0.2, 0.25) is 0 Å². The molecule has 36 heavy (non-hydrogen) atoms. The molecule has 4 aromatic rings. The van der Waals surface area contributed by atoms with Gasteiger partial charge in [-0.25, -0.2) is 24.9 Å². The Morgan fingerprint density at radius 1 is 1.14 bits per heavy atom. The first-order chi connectivity index (χ1) is 17.5. The number of nitrogens with zero attached hydrogens (tertiary/aromatic N) is 6. The Bertz CT molecular complexity index is 1460. The van der Waals surface area contributed by atoms with Crippen LogP contribution in [0.3, 0.4) is 0 Å². The monoisotopic (exact) mass is 484 g/mol. The van der Waals surface area contributed by atoms with Crippen molar-refractivity contribution >= 4 is 22.8 Å². The van der Waals surface area contributed by atoms with E-state index < -0.39 is 5.54 Å². The maximum atomic E-state index is 13.1. The van der Waals surface area contributed by atoms with E-state index in [2.05, 4.69) is 37.5 Å². The Kier molecular flexibility index (Phi) is 5.50. The molecule has 0 radical (unpaired) electrons. The van der Waals surface area contributed by atoms with E-state index in [1.54, 1.807) is 18.7 Å². The van der Waals surface area contributed by atoms with E-state index in [0.29, 0.717) is 31.1 Å². The van der Waals surface area contributed by atoms with E-state index in [1.165, 1.54) is 0 Å². The minimum absolute atomic E-state index is 0.0501. The molecule has 1 aromatic carbocycles. The van der Waals surface area contributed by atoms with Gasteiger partial charge in [-0.3, -0.25) is 10.1 Å². The number of benzene rings is 1. The molecule has 10 nitrogen and oxygen atoms in total. The number of carbonyl (C=O) groups is 1. The van der Waals surface area contributed by atoms with E-state index in [0.717, 1.165) is 52.4 Å². The van der Waals surface area contributed by atoms with E-state index in [1.807, 2.05) is 36.6 Å². The van der Waals surface area contributed by atoms with Gasteiger partial charge < -0.3 is 14.6 Å². The van der Waals surface area contributed by atoms with Crippen LogP contribution in [0.5, 0.6) is 0 Å². The van der Waals surface area contributed by atoms with E-state index >= 15 is 0 Å². The number of amides is 1. The van der Waals surface area contributed by atoms with Gasteiger partial charge in [0.15, 0.2) is 5.65 Å². The summed E-state index contributed by atoms with van der Waals surface area (Å²) in [6.07, 6.45) is 6.89. The fourth-order valence-electron chi connectivity index (χ4n) is 5.15. The van der Waals surface area contributed by atoms with Crippen LogP contribution < -0.4 is 10.6 Å². The van der Waals surface area contributed by atoms with Gasteiger partial charge >= 0.3 is 0 Å². The molecule has 0 spiro atoms. The average molecular weight is 485 g/mol. The summed E-state index contributed by atoms with van der Waals surface area (Å²) >= 11 is 0. The van der Waals surface area contributed by atoms with Crippen molar-refractivity contribution < 1.29 is 9.53 Å². The standard InChI is InChI=1S/C26H28N8O2/c1-4-34-23(17-12-27-15(2)28-13-17)32-22-21(29-14-30-24(22)34)16-5-6-20-19(11-16)26(3,25(35)31-20)33-18-7-9-36-10-8-18/h5-6,11-14,18,33H,4,7-10H2,1-3H3,(H,31,35). The first-order valence-electron chi connectivity index (χ1n) is 12.3. The van der Waals surface area contributed by atoms with Gasteiger partial charge in [-0.15, -0.1) is 0 Å². The molecule has 1 atom stereocenters. The average Bonchev–Trinajstić information content (AvgIpc) is 3.39. The minimum Gasteiger partial charge on any atom is -0.381 e. The summed E-state index contributed by atoms with van der Waals surface area (Å²) in [6, 6.07) is 6.18. The van der Waals surface area contributed by atoms with Crippen LogP contribution in [0.1, 0.15) is 38.1 Å². The van der Waals surface area contributed by atoms with Crippen molar-refractivity contribution in [2.24, 2.45) is 0 Å². The number of rotatable bonds is 5. The lowest BCUT2D eigenvalue weighted by atomic mass is 9.89. The Balaban J connectivity index is 1.45. The second kappa shape index (κ2) is 8.72. The zero-order valence-electron chi connectivity index (χ0n) is 20.6. The maximum absolute atomic E-state index is 13.1. The molecule has 1 amide bonds. The molecule has 5 heterocycles. The molecule has 184 valence electrons. The Hall–Kier alpha value is -3.76. The van der Waals surface area contributed by atoms with Gasteiger partial charge in [0.25, 0.3) is 0 Å². The van der Waals surface area contributed by atoms with Gasteiger partial charge in [0.2, 0.25) is 5.91 Å². The van der Waals surface area contributed by atoms with Gasteiger partial charge in [0.05, 0.1) is 5.56 Å². The molecule has 1 fully saturated rings. The summed E-state index contributed by atoms with van der Waals surface area (Å²) in [6.45, 7) is 7.96. The van der Waals surface area contributed by atoms with Crippen LogP contribution in [0.25, 0.3) is 33.8 Å². The van der Waals surface area contributed by atoms with E-state index in [9.17, 15) is 4.79 Å². The predicted octanol–water partition coefficient (Wildman–Crippen LogP) is 3.21. The number of aromatic nitrogens is 6. The van der Waals surface area contributed by atoms with Crippen LogP contribution in [0, 0.1) is 6.92 Å². The van der Waals surface area contributed by atoms with Crippen molar-refractivity contribution in [3.05, 3.63) is 48.3 Å². The van der Waals surface area contributed by atoms with Crippen molar-refractivity contribution in [2.75, 3.05) is 18.5 Å². The molecule has 2 N–H and O–H groups in total. The number of fused-ring (bicyclic) bond motifs is 2. The highest BCUT2D eigenvalue weighted by Gasteiger charge is 2.44. The van der Waals surface area contributed by atoms with Crippen LogP contribution >= 0.6 is 0 Å². The Morgan fingerprint density at radius 2 is 1.92 bits per heavy atom. The minimum atomic E-state index is -0.841. The van der Waals surface area contributed by atoms with Crippen LogP contribution in [-0.4, -0.2) is 54.6 Å². The van der Waals surface area contributed by atoms with E-state index in [-0.39, 0.29) is 11.9 Å². The van der Waals surface area contributed by atoms with Gasteiger partial charge in [-0.2, -0.15) is 0 Å². The fourth-order valence-corrected chi connectivity index (χ4v) is 5.15. The molecular weight excluding hydrogens is 456 g/mol. The van der Waals surface area contributed by atoms with Crippen LogP contribution in [0.15, 0.2) is 36.9 Å². The summed E-state index contributed by atoms with van der Waals surface area (Å²) in [4.78, 5) is 35.9. The smallest absolute Gasteiger partial charge is 0.249 e.